The van der Waals surface area contributed by atoms with E-state index in [1.165, 1.54) is 34.9 Å². The van der Waals surface area contributed by atoms with Crippen molar-refractivity contribution < 1.29 is 23.1 Å². The minimum absolute atomic E-state index is 0.0140. The molecule has 1 heterocycles. The molecule has 2 atom stereocenters. The summed E-state index contributed by atoms with van der Waals surface area (Å²) in [4.78, 5) is 14.2. The first-order valence-corrected chi connectivity index (χ1v) is 12.7. The number of carbonyl (C=O) groups excluding carboxylic acids is 1. The van der Waals surface area contributed by atoms with E-state index in [-0.39, 0.29) is 24.0 Å². The van der Waals surface area contributed by atoms with E-state index in [1.54, 1.807) is 12.1 Å². The number of carbonyl (C=O) groups is 1. The lowest BCUT2D eigenvalue weighted by Crippen LogP contribution is -2.53. The molecule has 2 rings (SSSR count). The Labute approximate surface area is 189 Å². The third-order valence-corrected chi connectivity index (χ3v) is 7.83. The fourth-order valence-electron chi connectivity index (χ4n) is 3.18. The summed E-state index contributed by atoms with van der Waals surface area (Å²) in [5.74, 6) is 0.165. The zero-order valence-electron chi connectivity index (χ0n) is 18.4. The van der Waals surface area contributed by atoms with E-state index in [4.69, 9.17) is 4.74 Å². The minimum Gasteiger partial charge on any atom is -0.497 e. The van der Waals surface area contributed by atoms with E-state index in [1.807, 2.05) is 38.3 Å². The number of benzene rings is 1. The van der Waals surface area contributed by atoms with Gasteiger partial charge < -0.3 is 15.2 Å². The molecule has 0 radical (unpaired) electrons. The van der Waals surface area contributed by atoms with Crippen LogP contribution in [-0.4, -0.2) is 49.5 Å². The first kappa shape index (κ1) is 25.3. The maximum Gasteiger partial charge on any atom is 0.244 e. The van der Waals surface area contributed by atoms with Gasteiger partial charge in [0.15, 0.2) is 0 Å². The van der Waals surface area contributed by atoms with Gasteiger partial charge in [-0.05, 0) is 48.1 Å². The fourth-order valence-corrected chi connectivity index (χ4v) is 5.56. The molecule has 0 spiro atoms. The zero-order valence-corrected chi connectivity index (χ0v) is 20.1. The van der Waals surface area contributed by atoms with Gasteiger partial charge in [-0.2, -0.15) is 4.31 Å². The van der Waals surface area contributed by atoms with Crippen molar-refractivity contribution in [2.75, 3.05) is 13.7 Å². The molecule has 0 aliphatic heterocycles. The lowest BCUT2D eigenvalue weighted by molar-refractivity contribution is -0.126. The highest BCUT2D eigenvalue weighted by atomic mass is 32.2. The summed E-state index contributed by atoms with van der Waals surface area (Å²) < 4.78 is 33.7. The average Bonchev–Trinajstić information content (AvgIpc) is 3.27. The third-order valence-electron chi connectivity index (χ3n) is 5.10. The van der Waals surface area contributed by atoms with Crippen molar-refractivity contribution in [3.05, 3.63) is 46.7 Å². The van der Waals surface area contributed by atoms with Gasteiger partial charge in [0.05, 0.1) is 24.7 Å². The third kappa shape index (κ3) is 6.52. The van der Waals surface area contributed by atoms with E-state index < -0.39 is 28.0 Å². The largest absolute Gasteiger partial charge is 0.497 e. The molecule has 1 amide bonds. The van der Waals surface area contributed by atoms with Gasteiger partial charge in [0.1, 0.15) is 11.8 Å². The van der Waals surface area contributed by atoms with Crippen LogP contribution in [0.2, 0.25) is 0 Å². The normalized spacial score (nSPS) is 13.9. The van der Waals surface area contributed by atoms with E-state index in [0.29, 0.717) is 18.6 Å². The smallest absolute Gasteiger partial charge is 0.244 e. The van der Waals surface area contributed by atoms with Gasteiger partial charge in [0, 0.05) is 11.4 Å². The van der Waals surface area contributed by atoms with Crippen molar-refractivity contribution in [2.24, 2.45) is 5.92 Å². The average molecular weight is 469 g/mol. The molecule has 0 saturated heterocycles. The number of rotatable bonds is 12. The summed E-state index contributed by atoms with van der Waals surface area (Å²) in [7, 11) is -2.46. The van der Waals surface area contributed by atoms with Crippen molar-refractivity contribution >= 4 is 27.3 Å². The molecular weight excluding hydrogens is 436 g/mol. The van der Waals surface area contributed by atoms with Crippen LogP contribution in [-0.2, 0) is 21.4 Å². The lowest BCUT2D eigenvalue weighted by Gasteiger charge is -2.31. The summed E-state index contributed by atoms with van der Waals surface area (Å²) in [5, 5.41) is 14.4. The molecule has 2 aromatic rings. The number of aliphatic hydroxyl groups is 1. The van der Waals surface area contributed by atoms with Crippen LogP contribution in [0.25, 0.3) is 0 Å². The standard InChI is InChI=1S/C22H32N2O5S2/c1-5-7-21(22(26)23-20(15-25)16(2)3)24(14-18-8-6-13-30-18)31(27,28)19-11-9-17(29-4)10-12-19/h6,8-13,16,20-21,25H,5,7,14-15H2,1-4H3,(H,23,26)/t20-,21+/m1/s1. The van der Waals surface area contributed by atoms with Crippen molar-refractivity contribution in [1.29, 1.82) is 0 Å². The molecule has 0 fully saturated rings. The molecule has 172 valence electrons. The topological polar surface area (TPSA) is 95.9 Å². The molecule has 1 aromatic heterocycles. The van der Waals surface area contributed by atoms with Crippen LogP contribution in [0.4, 0.5) is 0 Å². The second-order valence-electron chi connectivity index (χ2n) is 7.65. The Kier molecular flexibility index (Phi) is 9.49. The SMILES string of the molecule is CCC[C@@H](C(=O)N[C@H](CO)C(C)C)N(Cc1cccs1)S(=O)(=O)c1ccc(OC)cc1. The number of hydrogen-bond donors (Lipinski definition) is 2. The monoisotopic (exact) mass is 468 g/mol. The predicted molar refractivity (Wildman–Crippen MR) is 123 cm³/mol. The van der Waals surface area contributed by atoms with Crippen LogP contribution in [0, 0.1) is 5.92 Å². The summed E-state index contributed by atoms with van der Waals surface area (Å²) >= 11 is 1.44. The summed E-state index contributed by atoms with van der Waals surface area (Å²) in [6.45, 7) is 5.59. The molecule has 1 aromatic carbocycles. The number of methoxy groups -OCH3 is 1. The van der Waals surface area contributed by atoms with Gasteiger partial charge in [-0.1, -0.05) is 33.3 Å². The van der Waals surface area contributed by atoms with Crippen LogP contribution in [0.15, 0.2) is 46.7 Å². The number of thiophene rings is 1. The molecule has 0 unspecified atom stereocenters. The van der Waals surface area contributed by atoms with Gasteiger partial charge in [0.25, 0.3) is 0 Å². The van der Waals surface area contributed by atoms with Crippen molar-refractivity contribution in [1.82, 2.24) is 9.62 Å². The Hall–Kier alpha value is -1.94. The summed E-state index contributed by atoms with van der Waals surface area (Å²) in [5.41, 5.74) is 0. The quantitative estimate of drug-likeness (QED) is 0.499. The molecule has 0 saturated carbocycles. The fraction of sp³-hybridized carbons (Fsp3) is 0.500. The Morgan fingerprint density at radius 1 is 1.23 bits per heavy atom. The minimum atomic E-state index is -3.97. The van der Waals surface area contributed by atoms with Gasteiger partial charge in [0.2, 0.25) is 15.9 Å². The first-order chi connectivity index (χ1) is 14.7. The highest BCUT2D eigenvalue weighted by Gasteiger charge is 2.36. The first-order valence-electron chi connectivity index (χ1n) is 10.3. The number of ether oxygens (including phenoxy) is 1. The number of nitrogens with zero attached hydrogens (tertiary/aromatic N) is 1. The number of amides is 1. The van der Waals surface area contributed by atoms with Gasteiger partial charge >= 0.3 is 0 Å². The number of hydrogen-bond acceptors (Lipinski definition) is 6. The maximum atomic E-state index is 13.6. The Morgan fingerprint density at radius 3 is 2.39 bits per heavy atom. The van der Waals surface area contributed by atoms with Crippen LogP contribution < -0.4 is 10.1 Å². The maximum absolute atomic E-state index is 13.6. The zero-order chi connectivity index (χ0) is 23.0. The summed E-state index contributed by atoms with van der Waals surface area (Å²) in [6.07, 6.45) is 0.992. The van der Waals surface area contributed by atoms with Crippen molar-refractivity contribution in [3.63, 3.8) is 0 Å². The van der Waals surface area contributed by atoms with Gasteiger partial charge in [-0.15, -0.1) is 11.3 Å². The van der Waals surface area contributed by atoms with E-state index in [2.05, 4.69) is 5.32 Å². The molecule has 2 N–H and O–H groups in total. The number of sulfonamides is 1. The predicted octanol–water partition coefficient (Wildman–Crippen LogP) is 3.25. The highest BCUT2D eigenvalue weighted by Crippen LogP contribution is 2.26. The van der Waals surface area contributed by atoms with E-state index >= 15 is 0 Å². The summed E-state index contributed by atoms with van der Waals surface area (Å²) in [6, 6.07) is 8.52. The molecule has 31 heavy (non-hydrogen) atoms. The lowest BCUT2D eigenvalue weighted by atomic mass is 10.0. The molecule has 0 aliphatic rings. The van der Waals surface area contributed by atoms with Crippen molar-refractivity contribution in [2.45, 2.75) is 57.1 Å². The van der Waals surface area contributed by atoms with E-state index in [0.717, 1.165) is 4.88 Å². The van der Waals surface area contributed by atoms with Crippen LogP contribution in [0.1, 0.15) is 38.5 Å². The molecule has 0 aliphatic carbocycles. The van der Waals surface area contributed by atoms with Gasteiger partial charge in [-0.3, -0.25) is 4.79 Å². The highest BCUT2D eigenvalue weighted by molar-refractivity contribution is 7.89. The second-order valence-corrected chi connectivity index (χ2v) is 10.6. The Bertz CT molecular complexity index is 912. The van der Waals surface area contributed by atoms with E-state index in [9.17, 15) is 18.3 Å². The number of aliphatic hydroxyl groups excluding tert-OH is 1. The molecule has 9 heteroatoms. The second kappa shape index (κ2) is 11.6. The Balaban J connectivity index is 2.46. The van der Waals surface area contributed by atoms with Gasteiger partial charge in [-0.25, -0.2) is 8.42 Å². The molecule has 0 bridgehead atoms. The molecular formula is C22H32N2O5S2. The number of nitrogens with one attached hydrogen (secondary N) is 1. The van der Waals surface area contributed by atoms with Crippen LogP contribution in [0.5, 0.6) is 5.75 Å². The Morgan fingerprint density at radius 2 is 1.90 bits per heavy atom. The van der Waals surface area contributed by atoms with Crippen LogP contribution in [0.3, 0.4) is 0 Å². The van der Waals surface area contributed by atoms with Crippen molar-refractivity contribution in [3.8, 4) is 5.75 Å². The van der Waals surface area contributed by atoms with Crippen LogP contribution >= 0.6 is 11.3 Å². The molecule has 7 nitrogen and oxygen atoms in total.